The topological polar surface area (TPSA) is 56.7 Å². The molecule has 0 heterocycles. The number of hydrogen-bond donors (Lipinski definition) is 2. The molecular weight excluding hydrogens is 379 g/mol. The van der Waals surface area contributed by atoms with Gasteiger partial charge in [-0.3, -0.25) is 9.79 Å². The molecule has 0 radical (unpaired) electrons. The number of benzene rings is 2. The molecule has 1 amide bonds. The van der Waals surface area contributed by atoms with Crippen molar-refractivity contribution < 1.29 is 9.18 Å². The molecular formula is C24H31FN4O. The first-order valence-corrected chi connectivity index (χ1v) is 10.5. The van der Waals surface area contributed by atoms with Gasteiger partial charge in [0.2, 0.25) is 0 Å². The fourth-order valence-electron chi connectivity index (χ4n) is 3.51. The first-order valence-electron chi connectivity index (χ1n) is 10.5. The molecule has 1 fully saturated rings. The van der Waals surface area contributed by atoms with Crippen molar-refractivity contribution in [3.63, 3.8) is 0 Å². The second-order valence-electron chi connectivity index (χ2n) is 8.06. The quantitative estimate of drug-likeness (QED) is 0.518. The fourth-order valence-corrected chi connectivity index (χ4v) is 3.51. The minimum atomic E-state index is -0.204. The summed E-state index contributed by atoms with van der Waals surface area (Å²) in [6, 6.07) is 14.5. The number of halogens is 1. The van der Waals surface area contributed by atoms with E-state index in [0.29, 0.717) is 12.1 Å². The van der Waals surface area contributed by atoms with Crippen molar-refractivity contribution in [3.05, 3.63) is 71.0 Å². The molecule has 3 rings (SSSR count). The van der Waals surface area contributed by atoms with Crippen molar-refractivity contribution >= 4 is 11.9 Å². The Bertz CT molecular complexity index is 888. The van der Waals surface area contributed by atoms with Crippen LogP contribution in [0.15, 0.2) is 53.5 Å². The zero-order valence-corrected chi connectivity index (χ0v) is 18.0. The van der Waals surface area contributed by atoms with Gasteiger partial charge in [0, 0.05) is 38.2 Å². The molecule has 2 N–H and O–H groups in total. The third-order valence-corrected chi connectivity index (χ3v) is 5.48. The summed E-state index contributed by atoms with van der Waals surface area (Å²) in [6.07, 6.45) is 2.95. The Morgan fingerprint density at radius 1 is 1.13 bits per heavy atom. The number of carbonyl (C=O) groups is 1. The van der Waals surface area contributed by atoms with Crippen molar-refractivity contribution in [1.82, 2.24) is 15.5 Å². The second-order valence-corrected chi connectivity index (χ2v) is 8.06. The first-order chi connectivity index (χ1) is 14.4. The molecule has 5 nitrogen and oxygen atoms in total. The van der Waals surface area contributed by atoms with Crippen molar-refractivity contribution in [1.29, 1.82) is 0 Å². The van der Waals surface area contributed by atoms with Crippen molar-refractivity contribution in [2.24, 2.45) is 4.99 Å². The smallest absolute Gasteiger partial charge is 0.253 e. The average molecular weight is 411 g/mol. The van der Waals surface area contributed by atoms with E-state index in [1.54, 1.807) is 19.0 Å². The molecule has 0 saturated heterocycles. The summed E-state index contributed by atoms with van der Waals surface area (Å²) in [4.78, 5) is 18.5. The van der Waals surface area contributed by atoms with Gasteiger partial charge < -0.3 is 15.5 Å². The maximum Gasteiger partial charge on any atom is 0.253 e. The third kappa shape index (κ3) is 5.59. The normalized spacial score (nSPS) is 14.9. The van der Waals surface area contributed by atoms with Gasteiger partial charge in [-0.15, -0.1) is 0 Å². The second kappa shape index (κ2) is 9.74. The van der Waals surface area contributed by atoms with Crippen molar-refractivity contribution in [2.75, 3.05) is 33.7 Å². The first kappa shape index (κ1) is 21.8. The SMILES string of the molecule is CCNC(=NCC1(c2ccc(F)cc2)CC1)NCCc1cccc(C(=O)N(C)C)c1. The highest BCUT2D eigenvalue weighted by Crippen LogP contribution is 2.48. The standard InChI is InChI=1S/C24H31FN4O/c1-4-26-23(28-17-24(13-14-24)20-8-10-21(25)11-9-20)27-15-12-18-6-5-7-19(16-18)22(30)29(2)3/h5-11,16H,4,12-15,17H2,1-3H3,(H2,26,27,28). The van der Waals surface area contributed by atoms with Crippen LogP contribution in [0.3, 0.4) is 0 Å². The Labute approximate surface area is 178 Å². The van der Waals surface area contributed by atoms with Gasteiger partial charge >= 0.3 is 0 Å². The Hall–Kier alpha value is -2.89. The summed E-state index contributed by atoms with van der Waals surface area (Å²) in [5.74, 6) is 0.589. The van der Waals surface area contributed by atoms with Crippen LogP contribution in [0.25, 0.3) is 0 Å². The molecule has 0 aromatic heterocycles. The van der Waals surface area contributed by atoms with E-state index < -0.39 is 0 Å². The van der Waals surface area contributed by atoms with Crippen LogP contribution in [-0.2, 0) is 11.8 Å². The van der Waals surface area contributed by atoms with Crippen LogP contribution in [0.2, 0.25) is 0 Å². The van der Waals surface area contributed by atoms with E-state index >= 15 is 0 Å². The van der Waals surface area contributed by atoms with E-state index in [4.69, 9.17) is 4.99 Å². The van der Waals surface area contributed by atoms with E-state index in [1.165, 1.54) is 12.1 Å². The summed E-state index contributed by atoms with van der Waals surface area (Å²) in [5.41, 5.74) is 3.01. The van der Waals surface area contributed by atoms with Crippen LogP contribution in [-0.4, -0.2) is 50.5 Å². The molecule has 0 aliphatic heterocycles. The van der Waals surface area contributed by atoms with Gasteiger partial charge in [0.05, 0.1) is 6.54 Å². The van der Waals surface area contributed by atoms with E-state index in [2.05, 4.69) is 10.6 Å². The summed E-state index contributed by atoms with van der Waals surface area (Å²) < 4.78 is 13.2. The zero-order chi connectivity index (χ0) is 21.6. The molecule has 160 valence electrons. The largest absolute Gasteiger partial charge is 0.357 e. The van der Waals surface area contributed by atoms with Crippen LogP contribution in [0.1, 0.15) is 41.3 Å². The number of rotatable bonds is 8. The van der Waals surface area contributed by atoms with Crippen LogP contribution in [0.5, 0.6) is 0 Å². The molecule has 1 saturated carbocycles. The molecule has 6 heteroatoms. The predicted octanol–water partition coefficient (Wildman–Crippen LogP) is 3.36. The fraction of sp³-hybridized carbons (Fsp3) is 0.417. The molecule has 2 aromatic rings. The highest BCUT2D eigenvalue weighted by atomic mass is 19.1. The number of nitrogens with zero attached hydrogens (tertiary/aromatic N) is 2. The Morgan fingerprint density at radius 2 is 1.87 bits per heavy atom. The van der Waals surface area contributed by atoms with E-state index in [0.717, 1.165) is 49.4 Å². The minimum absolute atomic E-state index is 0.00948. The zero-order valence-electron chi connectivity index (χ0n) is 18.0. The van der Waals surface area contributed by atoms with Gasteiger partial charge in [0.25, 0.3) is 5.91 Å². The number of nitrogens with one attached hydrogen (secondary N) is 2. The van der Waals surface area contributed by atoms with Crippen LogP contribution >= 0.6 is 0 Å². The number of guanidine groups is 1. The average Bonchev–Trinajstić information content (AvgIpc) is 3.53. The summed E-state index contributed by atoms with van der Waals surface area (Å²) >= 11 is 0. The number of amides is 1. The third-order valence-electron chi connectivity index (χ3n) is 5.48. The lowest BCUT2D eigenvalue weighted by Crippen LogP contribution is -2.39. The lowest BCUT2D eigenvalue weighted by atomic mass is 9.96. The summed E-state index contributed by atoms with van der Waals surface area (Å²) in [6.45, 7) is 4.22. The van der Waals surface area contributed by atoms with Gasteiger partial charge in [0.15, 0.2) is 5.96 Å². The van der Waals surface area contributed by atoms with Gasteiger partial charge in [-0.05, 0) is 61.6 Å². The molecule has 0 atom stereocenters. The van der Waals surface area contributed by atoms with Gasteiger partial charge in [-0.25, -0.2) is 4.39 Å². The van der Waals surface area contributed by atoms with E-state index in [1.807, 2.05) is 43.3 Å². The number of aliphatic imine (C=N–C) groups is 1. The molecule has 1 aliphatic carbocycles. The summed E-state index contributed by atoms with van der Waals surface area (Å²) in [5, 5.41) is 6.68. The van der Waals surface area contributed by atoms with Crippen LogP contribution < -0.4 is 10.6 Å². The number of carbonyl (C=O) groups excluding carboxylic acids is 1. The highest BCUT2D eigenvalue weighted by molar-refractivity contribution is 5.94. The van der Waals surface area contributed by atoms with Crippen LogP contribution in [0.4, 0.5) is 4.39 Å². The van der Waals surface area contributed by atoms with Crippen molar-refractivity contribution in [3.8, 4) is 0 Å². The Kier molecular flexibility index (Phi) is 7.08. The van der Waals surface area contributed by atoms with E-state index in [-0.39, 0.29) is 17.1 Å². The van der Waals surface area contributed by atoms with E-state index in [9.17, 15) is 9.18 Å². The summed E-state index contributed by atoms with van der Waals surface area (Å²) in [7, 11) is 3.52. The van der Waals surface area contributed by atoms with Gasteiger partial charge in [0.1, 0.15) is 5.82 Å². The van der Waals surface area contributed by atoms with Gasteiger partial charge in [-0.2, -0.15) is 0 Å². The van der Waals surface area contributed by atoms with Gasteiger partial charge in [-0.1, -0.05) is 24.3 Å². The monoisotopic (exact) mass is 410 g/mol. The Morgan fingerprint density at radius 3 is 2.50 bits per heavy atom. The lowest BCUT2D eigenvalue weighted by Gasteiger charge is -2.16. The number of hydrogen-bond acceptors (Lipinski definition) is 2. The predicted molar refractivity (Wildman–Crippen MR) is 119 cm³/mol. The molecule has 2 aromatic carbocycles. The molecule has 0 spiro atoms. The maximum absolute atomic E-state index is 13.2. The van der Waals surface area contributed by atoms with Crippen molar-refractivity contribution in [2.45, 2.75) is 31.6 Å². The van der Waals surface area contributed by atoms with Crippen LogP contribution in [0, 0.1) is 5.82 Å². The lowest BCUT2D eigenvalue weighted by molar-refractivity contribution is 0.0827. The molecule has 1 aliphatic rings. The molecule has 0 unspecified atom stereocenters. The molecule has 30 heavy (non-hydrogen) atoms. The highest BCUT2D eigenvalue weighted by Gasteiger charge is 2.44. The Balaban J connectivity index is 1.58. The maximum atomic E-state index is 13.2. The molecule has 0 bridgehead atoms. The minimum Gasteiger partial charge on any atom is -0.357 e.